The van der Waals surface area contributed by atoms with Crippen LogP contribution in [0.25, 0.3) is 10.8 Å². The molecule has 0 aliphatic carbocycles. The Labute approximate surface area is 148 Å². The van der Waals surface area contributed by atoms with Crippen LogP contribution in [0.4, 0.5) is 13.2 Å². The summed E-state index contributed by atoms with van der Waals surface area (Å²) < 4.78 is 52.1. The number of methoxy groups -OCH3 is 1. The van der Waals surface area contributed by atoms with E-state index in [-0.39, 0.29) is 5.56 Å². The highest BCUT2D eigenvalue weighted by Gasteiger charge is 2.32. The number of halogens is 3. The molecule has 0 radical (unpaired) electrons. The van der Waals surface area contributed by atoms with E-state index in [9.17, 15) is 13.2 Å². The Morgan fingerprint density at radius 2 is 1.73 bits per heavy atom. The fraction of sp³-hybridized carbons (Fsp3) is 0.200. The van der Waals surface area contributed by atoms with Gasteiger partial charge in [0.2, 0.25) is 0 Å². The smallest absolute Gasteiger partial charge is 0.161 e. The third kappa shape index (κ3) is 2.66. The number of hydrogen-bond donors (Lipinski definition) is 1. The summed E-state index contributed by atoms with van der Waals surface area (Å²) in [6, 6.07) is 10.1. The average molecular weight is 359 g/mol. The number of rotatable bonds is 2. The second-order valence-corrected chi connectivity index (χ2v) is 6.32. The van der Waals surface area contributed by atoms with Gasteiger partial charge in [0.05, 0.1) is 13.2 Å². The summed E-state index contributed by atoms with van der Waals surface area (Å²) in [7, 11) is 1.58. The summed E-state index contributed by atoms with van der Waals surface area (Å²) in [5.41, 5.74) is 7.00. The van der Waals surface area contributed by atoms with Crippen molar-refractivity contribution in [1.82, 2.24) is 0 Å². The highest BCUT2D eigenvalue weighted by Crippen LogP contribution is 2.40. The lowest BCUT2D eigenvalue weighted by atomic mass is 9.90. The van der Waals surface area contributed by atoms with Crippen LogP contribution in [0.3, 0.4) is 0 Å². The molecule has 3 aromatic carbocycles. The molecule has 2 atom stereocenters. The van der Waals surface area contributed by atoms with Crippen LogP contribution in [0.1, 0.15) is 17.2 Å². The molecule has 3 aromatic rings. The lowest BCUT2D eigenvalue weighted by molar-refractivity contribution is 0.149. The molecular formula is C20H16F3NO2. The standard InChI is InChI=1S/C20H16F3NO2/c1-25-11-4-2-10-3-5-19-13(12(10)6-11)8-18(24)20(26-19)14-7-16(22)17(23)9-15(14)21/h2-7,9,18,20H,8,24H2,1H3/t18-,20+/m0/s1. The van der Waals surface area contributed by atoms with Crippen LogP contribution in [0.5, 0.6) is 11.5 Å². The minimum Gasteiger partial charge on any atom is -0.497 e. The summed E-state index contributed by atoms with van der Waals surface area (Å²) >= 11 is 0. The van der Waals surface area contributed by atoms with Crippen molar-refractivity contribution in [3.8, 4) is 11.5 Å². The zero-order chi connectivity index (χ0) is 18.4. The molecule has 4 rings (SSSR count). The van der Waals surface area contributed by atoms with E-state index in [1.807, 2.05) is 24.3 Å². The summed E-state index contributed by atoms with van der Waals surface area (Å²) in [4.78, 5) is 0. The Kier molecular flexibility index (Phi) is 4.00. The third-order valence-electron chi connectivity index (χ3n) is 4.73. The Hall–Kier alpha value is -2.73. The van der Waals surface area contributed by atoms with Crippen LogP contribution in [-0.4, -0.2) is 13.2 Å². The van der Waals surface area contributed by atoms with Gasteiger partial charge in [-0.25, -0.2) is 13.2 Å². The molecule has 0 fully saturated rings. The van der Waals surface area contributed by atoms with Gasteiger partial charge in [-0.3, -0.25) is 0 Å². The molecule has 0 amide bonds. The van der Waals surface area contributed by atoms with Gasteiger partial charge in [-0.15, -0.1) is 0 Å². The molecule has 2 N–H and O–H groups in total. The second kappa shape index (κ2) is 6.21. The molecule has 0 aromatic heterocycles. The summed E-state index contributed by atoms with van der Waals surface area (Å²) in [6.07, 6.45) is -0.496. The normalized spacial score (nSPS) is 19.1. The van der Waals surface area contributed by atoms with E-state index >= 15 is 0 Å². The maximum atomic E-state index is 14.2. The number of ether oxygens (including phenoxy) is 2. The van der Waals surface area contributed by atoms with Gasteiger partial charge in [0.15, 0.2) is 11.6 Å². The fourth-order valence-corrected chi connectivity index (χ4v) is 3.41. The predicted molar refractivity (Wildman–Crippen MR) is 91.9 cm³/mol. The molecule has 26 heavy (non-hydrogen) atoms. The summed E-state index contributed by atoms with van der Waals surface area (Å²) in [6.45, 7) is 0. The Bertz CT molecular complexity index is 1010. The average Bonchev–Trinajstić information content (AvgIpc) is 2.64. The molecule has 1 aliphatic rings. The molecule has 6 heteroatoms. The van der Waals surface area contributed by atoms with E-state index in [1.165, 1.54) is 0 Å². The molecule has 134 valence electrons. The van der Waals surface area contributed by atoms with E-state index in [2.05, 4.69) is 0 Å². The van der Waals surface area contributed by atoms with Gasteiger partial charge in [-0.1, -0.05) is 12.1 Å². The molecule has 0 saturated carbocycles. The number of benzene rings is 3. The van der Waals surface area contributed by atoms with E-state index in [1.54, 1.807) is 13.2 Å². The van der Waals surface area contributed by atoms with Gasteiger partial charge >= 0.3 is 0 Å². The number of fused-ring (bicyclic) bond motifs is 3. The van der Waals surface area contributed by atoms with Gasteiger partial charge in [-0.2, -0.15) is 0 Å². The molecule has 0 spiro atoms. The number of nitrogens with two attached hydrogens (primary N) is 1. The van der Waals surface area contributed by atoms with Crippen LogP contribution in [0.15, 0.2) is 42.5 Å². The largest absolute Gasteiger partial charge is 0.497 e. The van der Waals surface area contributed by atoms with E-state index in [4.69, 9.17) is 15.2 Å². The van der Waals surface area contributed by atoms with Crippen molar-refractivity contribution in [1.29, 1.82) is 0 Å². The van der Waals surface area contributed by atoms with Crippen LogP contribution < -0.4 is 15.2 Å². The van der Waals surface area contributed by atoms with Crippen molar-refractivity contribution < 1.29 is 22.6 Å². The van der Waals surface area contributed by atoms with Crippen LogP contribution >= 0.6 is 0 Å². The topological polar surface area (TPSA) is 44.5 Å². The maximum absolute atomic E-state index is 14.2. The van der Waals surface area contributed by atoms with Crippen molar-refractivity contribution in [2.24, 2.45) is 5.73 Å². The molecular weight excluding hydrogens is 343 g/mol. The highest BCUT2D eigenvalue weighted by molar-refractivity contribution is 5.89. The Morgan fingerprint density at radius 3 is 2.50 bits per heavy atom. The van der Waals surface area contributed by atoms with E-state index < -0.39 is 29.6 Å². The minimum absolute atomic E-state index is 0.0900. The molecule has 3 nitrogen and oxygen atoms in total. The molecule has 0 bridgehead atoms. The first kappa shape index (κ1) is 16.7. The monoisotopic (exact) mass is 359 g/mol. The molecule has 1 heterocycles. The SMILES string of the molecule is COc1ccc2ccc3c(c2c1)C[C@H](N)[C@@H](c1cc(F)c(F)cc1F)O3. The van der Waals surface area contributed by atoms with Crippen molar-refractivity contribution in [2.75, 3.05) is 7.11 Å². The van der Waals surface area contributed by atoms with Crippen molar-refractivity contribution >= 4 is 10.8 Å². The molecule has 0 saturated heterocycles. The van der Waals surface area contributed by atoms with Gasteiger partial charge in [0.25, 0.3) is 0 Å². The van der Waals surface area contributed by atoms with Crippen molar-refractivity contribution in [3.63, 3.8) is 0 Å². The van der Waals surface area contributed by atoms with Gasteiger partial charge < -0.3 is 15.2 Å². The second-order valence-electron chi connectivity index (χ2n) is 6.32. The van der Waals surface area contributed by atoms with E-state index in [0.29, 0.717) is 24.0 Å². The zero-order valence-electron chi connectivity index (χ0n) is 13.9. The first-order valence-corrected chi connectivity index (χ1v) is 8.14. The Balaban J connectivity index is 1.80. The van der Waals surface area contributed by atoms with Gasteiger partial charge in [0, 0.05) is 17.2 Å². The zero-order valence-corrected chi connectivity index (χ0v) is 13.9. The third-order valence-corrected chi connectivity index (χ3v) is 4.73. The lowest BCUT2D eigenvalue weighted by Gasteiger charge is -2.32. The predicted octanol–water partition coefficient (Wildman–Crippen LogP) is 4.27. The van der Waals surface area contributed by atoms with Crippen molar-refractivity contribution in [2.45, 2.75) is 18.6 Å². The first-order chi connectivity index (χ1) is 12.5. The van der Waals surface area contributed by atoms with Crippen LogP contribution in [0.2, 0.25) is 0 Å². The fourth-order valence-electron chi connectivity index (χ4n) is 3.41. The summed E-state index contributed by atoms with van der Waals surface area (Å²) in [5, 5.41) is 1.93. The Morgan fingerprint density at radius 1 is 1.00 bits per heavy atom. The summed E-state index contributed by atoms with van der Waals surface area (Å²) in [5.74, 6) is -2.01. The van der Waals surface area contributed by atoms with Crippen LogP contribution in [-0.2, 0) is 6.42 Å². The maximum Gasteiger partial charge on any atom is 0.161 e. The molecule has 1 aliphatic heterocycles. The number of hydrogen-bond acceptors (Lipinski definition) is 3. The highest BCUT2D eigenvalue weighted by atomic mass is 19.2. The van der Waals surface area contributed by atoms with Gasteiger partial charge in [0.1, 0.15) is 23.4 Å². The van der Waals surface area contributed by atoms with Gasteiger partial charge in [-0.05, 0) is 41.5 Å². The first-order valence-electron chi connectivity index (χ1n) is 8.14. The quantitative estimate of drug-likeness (QED) is 0.695. The van der Waals surface area contributed by atoms with Crippen molar-refractivity contribution in [3.05, 3.63) is 71.0 Å². The minimum atomic E-state index is -1.24. The lowest BCUT2D eigenvalue weighted by Crippen LogP contribution is -2.38. The van der Waals surface area contributed by atoms with E-state index in [0.717, 1.165) is 22.4 Å². The molecule has 0 unspecified atom stereocenters. The van der Waals surface area contributed by atoms with Crippen LogP contribution in [0, 0.1) is 17.5 Å².